The number of nitrogens with two attached hydrogens (primary N) is 2. The van der Waals surface area contributed by atoms with Gasteiger partial charge in [0.05, 0.1) is 13.2 Å². The van der Waals surface area contributed by atoms with Crippen LogP contribution in [0.1, 0.15) is 46.0 Å². The summed E-state index contributed by atoms with van der Waals surface area (Å²) in [5.74, 6) is 9.64. The van der Waals surface area contributed by atoms with Gasteiger partial charge < -0.3 is 9.47 Å². The molecular formula is C12H20N4O4S. The quantitative estimate of drug-likeness (QED) is 0.315. The average molecular weight is 316 g/mol. The third-order valence-electron chi connectivity index (χ3n) is 2.40. The van der Waals surface area contributed by atoms with E-state index in [1.165, 1.54) is 0 Å². The van der Waals surface area contributed by atoms with Crippen molar-refractivity contribution in [1.29, 1.82) is 0 Å². The number of carbonyl (C=O) groups is 2. The van der Waals surface area contributed by atoms with E-state index in [2.05, 4.69) is 0 Å². The van der Waals surface area contributed by atoms with Crippen LogP contribution in [0.2, 0.25) is 0 Å². The summed E-state index contributed by atoms with van der Waals surface area (Å²) in [6, 6.07) is 0. The van der Waals surface area contributed by atoms with Gasteiger partial charge in [-0.1, -0.05) is 13.8 Å². The number of nitrogen functional groups attached to an aromatic ring is 2. The molecule has 21 heavy (non-hydrogen) atoms. The SMILES string of the molecule is CCCOc1c(C(=O)NN)sc(C(=O)NN)c1OCCC. The highest BCUT2D eigenvalue weighted by Crippen LogP contribution is 2.42. The van der Waals surface area contributed by atoms with Gasteiger partial charge >= 0.3 is 0 Å². The van der Waals surface area contributed by atoms with Crippen molar-refractivity contribution in [1.82, 2.24) is 10.9 Å². The smallest absolute Gasteiger partial charge is 0.279 e. The molecule has 0 atom stereocenters. The number of ether oxygens (including phenoxy) is 2. The number of rotatable bonds is 8. The van der Waals surface area contributed by atoms with E-state index in [9.17, 15) is 9.59 Å². The Morgan fingerprint density at radius 1 is 0.952 bits per heavy atom. The molecule has 0 aliphatic carbocycles. The largest absolute Gasteiger partial charge is 0.488 e. The van der Waals surface area contributed by atoms with Gasteiger partial charge in [-0.25, -0.2) is 11.7 Å². The Balaban J connectivity index is 3.32. The van der Waals surface area contributed by atoms with Crippen LogP contribution in [0.25, 0.3) is 0 Å². The molecule has 0 aliphatic rings. The number of thiophene rings is 1. The van der Waals surface area contributed by atoms with Crippen molar-refractivity contribution in [2.45, 2.75) is 26.7 Å². The summed E-state index contributed by atoms with van der Waals surface area (Å²) in [5.41, 5.74) is 4.05. The summed E-state index contributed by atoms with van der Waals surface area (Å²) >= 11 is 0.918. The summed E-state index contributed by atoms with van der Waals surface area (Å²) in [4.78, 5) is 24.0. The lowest BCUT2D eigenvalue weighted by atomic mass is 10.3. The molecule has 0 radical (unpaired) electrons. The summed E-state index contributed by atoms with van der Waals surface area (Å²) < 4.78 is 11.1. The number of hydrazine groups is 2. The van der Waals surface area contributed by atoms with Gasteiger partial charge in [-0.2, -0.15) is 0 Å². The molecule has 9 heteroatoms. The molecule has 0 bridgehead atoms. The lowest BCUT2D eigenvalue weighted by molar-refractivity contribution is 0.0944. The van der Waals surface area contributed by atoms with Gasteiger partial charge in [-0.3, -0.25) is 20.4 Å². The molecule has 8 nitrogen and oxygen atoms in total. The van der Waals surface area contributed by atoms with Crippen LogP contribution >= 0.6 is 11.3 Å². The maximum Gasteiger partial charge on any atom is 0.279 e. The Labute approximate surface area is 126 Å². The Hall–Kier alpha value is -1.84. The molecule has 0 aliphatic heterocycles. The molecule has 1 rings (SSSR count). The van der Waals surface area contributed by atoms with Crippen LogP contribution in [0, 0.1) is 0 Å². The van der Waals surface area contributed by atoms with E-state index in [1.54, 1.807) is 0 Å². The first kappa shape index (κ1) is 17.2. The van der Waals surface area contributed by atoms with Gasteiger partial charge in [0.25, 0.3) is 11.8 Å². The molecule has 0 spiro atoms. The molecule has 0 saturated carbocycles. The molecule has 6 N–H and O–H groups in total. The van der Waals surface area contributed by atoms with Crippen LogP contribution < -0.4 is 32.0 Å². The average Bonchev–Trinajstić information content (AvgIpc) is 2.87. The molecular weight excluding hydrogens is 296 g/mol. The maximum absolute atomic E-state index is 11.8. The topological polar surface area (TPSA) is 129 Å². The fourth-order valence-corrected chi connectivity index (χ4v) is 2.50. The van der Waals surface area contributed by atoms with E-state index in [1.807, 2.05) is 24.7 Å². The van der Waals surface area contributed by atoms with Gasteiger partial charge in [-0.15, -0.1) is 11.3 Å². The highest BCUT2D eigenvalue weighted by molar-refractivity contribution is 7.16. The number of hydrogen-bond donors (Lipinski definition) is 4. The normalized spacial score (nSPS) is 10.1. The fourth-order valence-electron chi connectivity index (χ4n) is 1.50. The van der Waals surface area contributed by atoms with Gasteiger partial charge in [0.15, 0.2) is 11.5 Å². The standard InChI is InChI=1S/C12H20N4O4S/c1-3-5-19-7-8(20-6-4-2)10(12(18)16-14)21-9(7)11(17)15-13/h3-6,13-14H2,1-2H3,(H,15,17)(H,16,18). The highest BCUT2D eigenvalue weighted by Gasteiger charge is 2.28. The number of hydrogen-bond acceptors (Lipinski definition) is 7. The van der Waals surface area contributed by atoms with Gasteiger partial charge in [-0.05, 0) is 12.8 Å². The Morgan fingerprint density at radius 3 is 1.62 bits per heavy atom. The first-order valence-electron chi connectivity index (χ1n) is 6.54. The Bertz CT molecular complexity index is 461. The Kier molecular flexibility index (Phi) is 6.92. The van der Waals surface area contributed by atoms with Crippen molar-refractivity contribution in [2.75, 3.05) is 13.2 Å². The van der Waals surface area contributed by atoms with Crippen LogP contribution in [0.3, 0.4) is 0 Å². The highest BCUT2D eigenvalue weighted by atomic mass is 32.1. The van der Waals surface area contributed by atoms with Crippen LogP contribution in [0.4, 0.5) is 0 Å². The van der Waals surface area contributed by atoms with Crippen LogP contribution in [-0.4, -0.2) is 25.0 Å². The predicted molar refractivity (Wildman–Crippen MR) is 79.2 cm³/mol. The van der Waals surface area contributed by atoms with E-state index >= 15 is 0 Å². The van der Waals surface area contributed by atoms with Crippen molar-refractivity contribution in [2.24, 2.45) is 11.7 Å². The number of nitrogens with one attached hydrogen (secondary N) is 2. The van der Waals surface area contributed by atoms with Gasteiger partial charge in [0.2, 0.25) is 0 Å². The number of amides is 2. The maximum atomic E-state index is 11.8. The third-order valence-corrected chi connectivity index (χ3v) is 3.55. The van der Waals surface area contributed by atoms with E-state index in [0.717, 1.165) is 24.2 Å². The van der Waals surface area contributed by atoms with Crippen molar-refractivity contribution in [3.8, 4) is 11.5 Å². The Morgan fingerprint density at radius 2 is 1.33 bits per heavy atom. The van der Waals surface area contributed by atoms with Gasteiger partial charge in [0, 0.05) is 0 Å². The second-order valence-corrected chi connectivity index (χ2v) is 5.08. The minimum Gasteiger partial charge on any atom is -0.488 e. The van der Waals surface area contributed by atoms with Crippen LogP contribution in [0.15, 0.2) is 0 Å². The van der Waals surface area contributed by atoms with Crippen molar-refractivity contribution >= 4 is 23.2 Å². The lowest BCUT2D eigenvalue weighted by Gasteiger charge is -2.10. The third kappa shape index (κ3) is 4.06. The summed E-state index contributed by atoms with van der Waals surface area (Å²) in [7, 11) is 0. The van der Waals surface area contributed by atoms with Crippen molar-refractivity contribution in [3.05, 3.63) is 9.75 Å². The second kappa shape index (κ2) is 8.45. The zero-order chi connectivity index (χ0) is 15.8. The molecule has 0 unspecified atom stereocenters. The monoisotopic (exact) mass is 316 g/mol. The van der Waals surface area contributed by atoms with Crippen molar-refractivity contribution < 1.29 is 19.1 Å². The molecule has 1 aromatic heterocycles. The molecule has 1 heterocycles. The molecule has 2 amide bonds. The zero-order valence-corrected chi connectivity index (χ0v) is 12.8. The predicted octanol–water partition coefficient (Wildman–Crippen LogP) is 0.533. The summed E-state index contributed by atoms with van der Waals surface area (Å²) in [6.45, 7) is 4.62. The minimum atomic E-state index is -0.552. The minimum absolute atomic E-state index is 0.177. The van der Waals surface area contributed by atoms with Gasteiger partial charge in [0.1, 0.15) is 9.75 Å². The molecule has 0 aromatic carbocycles. The molecule has 1 aromatic rings. The van der Waals surface area contributed by atoms with Crippen LogP contribution in [0.5, 0.6) is 11.5 Å². The van der Waals surface area contributed by atoms with E-state index < -0.39 is 11.8 Å². The van der Waals surface area contributed by atoms with Crippen LogP contribution in [-0.2, 0) is 0 Å². The fraction of sp³-hybridized carbons (Fsp3) is 0.500. The molecule has 0 saturated heterocycles. The molecule has 118 valence electrons. The van der Waals surface area contributed by atoms with E-state index in [-0.39, 0.29) is 21.3 Å². The second-order valence-electron chi connectivity index (χ2n) is 4.06. The summed E-state index contributed by atoms with van der Waals surface area (Å²) in [6.07, 6.45) is 1.48. The number of carbonyl (C=O) groups excluding carboxylic acids is 2. The summed E-state index contributed by atoms with van der Waals surface area (Å²) in [5, 5.41) is 0. The van der Waals surface area contributed by atoms with E-state index in [4.69, 9.17) is 21.2 Å². The van der Waals surface area contributed by atoms with Crippen molar-refractivity contribution in [3.63, 3.8) is 0 Å². The van der Waals surface area contributed by atoms with E-state index in [0.29, 0.717) is 13.2 Å². The molecule has 0 fully saturated rings. The first-order valence-corrected chi connectivity index (χ1v) is 7.36. The zero-order valence-electron chi connectivity index (χ0n) is 12.0. The lowest BCUT2D eigenvalue weighted by Crippen LogP contribution is -2.30. The first-order chi connectivity index (χ1) is 10.1.